The number of halogens is 1. The van der Waals surface area contributed by atoms with Gasteiger partial charge in [0.05, 0.1) is 10.8 Å². The summed E-state index contributed by atoms with van der Waals surface area (Å²) < 4.78 is 11.7. The van der Waals surface area contributed by atoms with E-state index in [0.29, 0.717) is 39.3 Å². The number of benzene rings is 2. The van der Waals surface area contributed by atoms with E-state index in [1.54, 1.807) is 36.4 Å². The van der Waals surface area contributed by atoms with Crippen LogP contribution in [0.3, 0.4) is 0 Å². The van der Waals surface area contributed by atoms with Crippen LogP contribution in [0.4, 0.5) is 0 Å². The number of allylic oxidation sites excluding steroid dienone is 2. The van der Waals surface area contributed by atoms with Gasteiger partial charge in [0.15, 0.2) is 0 Å². The minimum atomic E-state index is -0.0626. The SMILES string of the molecule is O=c1c2ccc(Cl)cc2oc2cc(OCC3=CCCC=C3)ccc12. The second-order valence-electron chi connectivity index (χ2n) is 5.78. The van der Waals surface area contributed by atoms with Gasteiger partial charge in [0.2, 0.25) is 5.43 Å². The lowest BCUT2D eigenvalue weighted by Crippen LogP contribution is -2.04. The summed E-state index contributed by atoms with van der Waals surface area (Å²) >= 11 is 5.99. The highest BCUT2D eigenvalue weighted by atomic mass is 35.5. The molecule has 0 saturated carbocycles. The second kappa shape index (κ2) is 6.17. The van der Waals surface area contributed by atoms with Gasteiger partial charge in [0.25, 0.3) is 0 Å². The largest absolute Gasteiger partial charge is 0.489 e. The molecule has 0 bridgehead atoms. The Morgan fingerprint density at radius 1 is 1.04 bits per heavy atom. The van der Waals surface area contributed by atoms with Crippen molar-refractivity contribution in [3.63, 3.8) is 0 Å². The third-order valence-electron chi connectivity index (χ3n) is 4.08. The van der Waals surface area contributed by atoms with Crippen LogP contribution in [0.1, 0.15) is 12.8 Å². The Hall–Kier alpha value is -2.52. The molecule has 0 fully saturated rings. The molecule has 2 aromatic carbocycles. The smallest absolute Gasteiger partial charge is 0.200 e. The maximum atomic E-state index is 12.6. The van der Waals surface area contributed by atoms with E-state index < -0.39 is 0 Å². The first-order chi connectivity index (χ1) is 11.7. The van der Waals surface area contributed by atoms with Crippen molar-refractivity contribution in [2.75, 3.05) is 6.61 Å². The molecule has 120 valence electrons. The van der Waals surface area contributed by atoms with Crippen molar-refractivity contribution in [3.8, 4) is 5.75 Å². The Kier molecular flexibility index (Phi) is 3.87. The number of rotatable bonds is 3. The molecule has 1 aromatic heterocycles. The molecule has 4 heteroatoms. The highest BCUT2D eigenvalue weighted by Crippen LogP contribution is 2.25. The monoisotopic (exact) mass is 338 g/mol. The van der Waals surface area contributed by atoms with Crippen LogP contribution in [-0.2, 0) is 0 Å². The standard InChI is InChI=1S/C20H15ClO3/c21-14-6-8-16-18(10-14)24-19-11-15(7-9-17(19)20(16)22)23-12-13-4-2-1-3-5-13/h2,4-11H,1,3,12H2. The number of hydrogen-bond acceptors (Lipinski definition) is 3. The maximum Gasteiger partial charge on any atom is 0.200 e. The average molecular weight is 339 g/mol. The lowest BCUT2D eigenvalue weighted by atomic mass is 10.1. The van der Waals surface area contributed by atoms with E-state index in [1.165, 1.54) is 0 Å². The Labute approximate surface area is 143 Å². The fraction of sp³-hybridized carbons (Fsp3) is 0.150. The van der Waals surface area contributed by atoms with Crippen LogP contribution in [0.5, 0.6) is 5.75 Å². The van der Waals surface area contributed by atoms with E-state index in [-0.39, 0.29) is 5.43 Å². The van der Waals surface area contributed by atoms with Crippen molar-refractivity contribution < 1.29 is 9.15 Å². The van der Waals surface area contributed by atoms with Crippen LogP contribution >= 0.6 is 11.6 Å². The molecule has 0 radical (unpaired) electrons. The van der Waals surface area contributed by atoms with E-state index in [0.717, 1.165) is 18.4 Å². The van der Waals surface area contributed by atoms with E-state index >= 15 is 0 Å². The zero-order valence-corrected chi connectivity index (χ0v) is 13.7. The summed E-state index contributed by atoms with van der Waals surface area (Å²) in [5.41, 5.74) is 2.08. The predicted octanol–water partition coefficient (Wildman–Crippen LogP) is 5.25. The Bertz CT molecular complexity index is 1040. The van der Waals surface area contributed by atoms with Crippen LogP contribution in [0.25, 0.3) is 21.9 Å². The minimum absolute atomic E-state index is 0.0626. The predicted molar refractivity (Wildman–Crippen MR) is 97.0 cm³/mol. The van der Waals surface area contributed by atoms with Gasteiger partial charge in [0, 0.05) is 17.2 Å². The molecule has 0 spiro atoms. The zero-order valence-electron chi connectivity index (χ0n) is 12.9. The van der Waals surface area contributed by atoms with Crippen molar-refractivity contribution in [3.05, 3.63) is 75.4 Å². The molecule has 1 aliphatic rings. The summed E-state index contributed by atoms with van der Waals surface area (Å²) in [5.74, 6) is 0.673. The fourth-order valence-electron chi connectivity index (χ4n) is 2.84. The van der Waals surface area contributed by atoms with Crippen LogP contribution in [-0.4, -0.2) is 6.61 Å². The average Bonchev–Trinajstić information content (AvgIpc) is 2.60. The van der Waals surface area contributed by atoms with E-state index in [1.807, 2.05) is 0 Å². The van der Waals surface area contributed by atoms with Gasteiger partial charge >= 0.3 is 0 Å². The third kappa shape index (κ3) is 2.83. The Balaban J connectivity index is 1.71. The number of ether oxygens (including phenoxy) is 1. The lowest BCUT2D eigenvalue weighted by Gasteiger charge is -2.10. The first kappa shape index (κ1) is 15.0. The molecule has 0 atom stereocenters. The van der Waals surface area contributed by atoms with Gasteiger partial charge in [-0.15, -0.1) is 0 Å². The van der Waals surface area contributed by atoms with Crippen LogP contribution in [0, 0.1) is 0 Å². The molecule has 1 heterocycles. The van der Waals surface area contributed by atoms with Crippen molar-refractivity contribution >= 4 is 33.5 Å². The van der Waals surface area contributed by atoms with Gasteiger partial charge in [-0.25, -0.2) is 0 Å². The fourth-order valence-corrected chi connectivity index (χ4v) is 3.00. The molecule has 0 aliphatic heterocycles. The van der Waals surface area contributed by atoms with Crippen LogP contribution < -0.4 is 10.2 Å². The normalized spacial score (nSPS) is 14.1. The number of hydrogen-bond donors (Lipinski definition) is 0. The van der Waals surface area contributed by atoms with Gasteiger partial charge < -0.3 is 9.15 Å². The summed E-state index contributed by atoms with van der Waals surface area (Å²) in [4.78, 5) is 12.6. The minimum Gasteiger partial charge on any atom is -0.489 e. The quantitative estimate of drug-likeness (QED) is 0.612. The molecular weight excluding hydrogens is 324 g/mol. The third-order valence-corrected chi connectivity index (χ3v) is 4.32. The molecule has 0 amide bonds. The molecule has 1 aliphatic carbocycles. The van der Waals surface area contributed by atoms with Gasteiger partial charge in [-0.2, -0.15) is 0 Å². The Morgan fingerprint density at radius 2 is 1.83 bits per heavy atom. The molecule has 4 rings (SSSR count). The van der Waals surface area contributed by atoms with E-state index in [4.69, 9.17) is 20.8 Å². The highest BCUT2D eigenvalue weighted by molar-refractivity contribution is 6.31. The van der Waals surface area contributed by atoms with E-state index in [9.17, 15) is 4.79 Å². The molecule has 0 N–H and O–H groups in total. The molecule has 3 aromatic rings. The van der Waals surface area contributed by atoms with Crippen LogP contribution in [0.15, 0.2) is 69.4 Å². The highest BCUT2D eigenvalue weighted by Gasteiger charge is 2.09. The Morgan fingerprint density at radius 3 is 2.62 bits per heavy atom. The summed E-state index contributed by atoms with van der Waals surface area (Å²) in [5, 5.41) is 1.60. The topological polar surface area (TPSA) is 39.4 Å². The van der Waals surface area contributed by atoms with Crippen molar-refractivity contribution in [1.29, 1.82) is 0 Å². The molecule has 3 nitrogen and oxygen atoms in total. The molecule has 24 heavy (non-hydrogen) atoms. The van der Waals surface area contributed by atoms with Crippen LogP contribution in [0.2, 0.25) is 5.02 Å². The van der Waals surface area contributed by atoms with Crippen molar-refractivity contribution in [2.45, 2.75) is 12.8 Å². The first-order valence-corrected chi connectivity index (χ1v) is 8.23. The van der Waals surface area contributed by atoms with Gasteiger partial charge in [-0.05, 0) is 42.7 Å². The first-order valence-electron chi connectivity index (χ1n) is 7.85. The maximum absolute atomic E-state index is 12.6. The summed E-state index contributed by atoms with van der Waals surface area (Å²) in [6.45, 7) is 0.506. The van der Waals surface area contributed by atoms with Gasteiger partial charge in [-0.3, -0.25) is 4.79 Å². The number of fused-ring (bicyclic) bond motifs is 2. The summed E-state index contributed by atoms with van der Waals surface area (Å²) in [7, 11) is 0. The van der Waals surface area contributed by atoms with Gasteiger partial charge in [-0.1, -0.05) is 29.8 Å². The van der Waals surface area contributed by atoms with Crippen molar-refractivity contribution in [2.24, 2.45) is 0 Å². The second-order valence-corrected chi connectivity index (χ2v) is 6.21. The molecule has 0 saturated heterocycles. The summed E-state index contributed by atoms with van der Waals surface area (Å²) in [6, 6.07) is 10.3. The van der Waals surface area contributed by atoms with Gasteiger partial charge in [0.1, 0.15) is 23.5 Å². The van der Waals surface area contributed by atoms with Crippen molar-refractivity contribution in [1.82, 2.24) is 0 Å². The molecule has 0 unspecified atom stereocenters. The lowest BCUT2D eigenvalue weighted by molar-refractivity contribution is 0.354. The molecular formula is C20H15ClO3. The zero-order chi connectivity index (χ0) is 16.5. The summed E-state index contributed by atoms with van der Waals surface area (Å²) in [6.07, 6.45) is 8.54. The van der Waals surface area contributed by atoms with E-state index in [2.05, 4.69) is 18.2 Å².